The van der Waals surface area contributed by atoms with Gasteiger partial charge in [0.2, 0.25) is 0 Å². The first kappa shape index (κ1) is 10.2. The van der Waals surface area contributed by atoms with E-state index >= 15 is 0 Å². The first-order valence-corrected chi connectivity index (χ1v) is 3.76. The van der Waals surface area contributed by atoms with Crippen LogP contribution in [0.5, 0.6) is 0 Å². The van der Waals surface area contributed by atoms with E-state index in [0.29, 0.717) is 0 Å². The molecule has 0 heterocycles. The van der Waals surface area contributed by atoms with Gasteiger partial charge in [0.1, 0.15) is 0 Å². The molecule has 0 spiro atoms. The Morgan fingerprint density at radius 3 is 1.93 bits per heavy atom. The molecule has 1 aromatic rings. The van der Waals surface area contributed by atoms with Crippen molar-refractivity contribution in [1.29, 1.82) is 0 Å². The molecule has 0 amide bonds. The zero-order chi connectivity index (χ0) is 10.7. The highest BCUT2D eigenvalue weighted by Crippen LogP contribution is 2.13. The Bertz CT molecular complexity index is 354. The van der Waals surface area contributed by atoms with E-state index < -0.39 is 18.0 Å². The number of aliphatic hydroxyl groups excluding tert-OH is 1. The predicted molar refractivity (Wildman–Crippen MR) is 46.0 cm³/mol. The van der Waals surface area contributed by atoms with Gasteiger partial charge in [-0.2, -0.15) is 0 Å². The number of carboxylic acid groups (broad SMARTS) is 2. The highest BCUT2D eigenvalue weighted by atomic mass is 16.4. The van der Waals surface area contributed by atoms with E-state index in [9.17, 15) is 9.59 Å². The lowest BCUT2D eigenvalue weighted by atomic mass is 10.1. The van der Waals surface area contributed by atoms with Crippen molar-refractivity contribution in [3.05, 3.63) is 35.4 Å². The molecule has 5 heteroatoms. The second-order valence-corrected chi connectivity index (χ2v) is 2.67. The van der Waals surface area contributed by atoms with E-state index in [-0.39, 0.29) is 11.1 Å². The van der Waals surface area contributed by atoms with Crippen LogP contribution >= 0.6 is 0 Å². The van der Waals surface area contributed by atoms with Crippen molar-refractivity contribution in [2.24, 2.45) is 0 Å². The van der Waals surface area contributed by atoms with E-state index in [2.05, 4.69) is 0 Å². The number of carbonyl (C=O) groups is 2. The van der Waals surface area contributed by atoms with Gasteiger partial charge >= 0.3 is 11.9 Å². The van der Waals surface area contributed by atoms with Crippen molar-refractivity contribution in [3.8, 4) is 0 Å². The standard InChI is InChI=1S/C9H8O5/c10-7(9(13)14)5-1-3-6(4-2-5)8(11)12/h1-4,7,10H,(H,11,12)(H,13,14). The Labute approximate surface area is 79.2 Å². The summed E-state index contributed by atoms with van der Waals surface area (Å²) in [5.74, 6) is -2.46. The van der Waals surface area contributed by atoms with Crippen molar-refractivity contribution < 1.29 is 24.9 Å². The monoisotopic (exact) mass is 196 g/mol. The second kappa shape index (κ2) is 3.89. The minimum atomic E-state index is -1.61. The summed E-state index contributed by atoms with van der Waals surface area (Å²) in [6.45, 7) is 0. The highest BCUT2D eigenvalue weighted by Gasteiger charge is 2.15. The van der Waals surface area contributed by atoms with Crippen LogP contribution in [0.4, 0.5) is 0 Å². The number of hydrogen-bond donors (Lipinski definition) is 3. The summed E-state index contributed by atoms with van der Waals surface area (Å²) in [5, 5.41) is 26.1. The van der Waals surface area contributed by atoms with Crippen LogP contribution in [0.15, 0.2) is 24.3 Å². The molecule has 74 valence electrons. The van der Waals surface area contributed by atoms with Crippen LogP contribution in [-0.4, -0.2) is 27.3 Å². The fraction of sp³-hybridized carbons (Fsp3) is 0.111. The summed E-state index contributed by atoms with van der Waals surface area (Å²) in [6, 6.07) is 5.01. The lowest BCUT2D eigenvalue weighted by molar-refractivity contribution is -0.146. The van der Waals surface area contributed by atoms with Crippen molar-refractivity contribution in [1.82, 2.24) is 0 Å². The first-order chi connectivity index (χ1) is 6.52. The van der Waals surface area contributed by atoms with Crippen molar-refractivity contribution in [2.75, 3.05) is 0 Å². The second-order valence-electron chi connectivity index (χ2n) is 2.67. The van der Waals surface area contributed by atoms with Gasteiger partial charge in [-0.05, 0) is 17.7 Å². The maximum absolute atomic E-state index is 10.4. The lowest BCUT2D eigenvalue weighted by Crippen LogP contribution is -2.10. The average molecular weight is 196 g/mol. The Balaban J connectivity index is 2.94. The Morgan fingerprint density at radius 2 is 1.57 bits per heavy atom. The molecular formula is C9H8O5. The van der Waals surface area contributed by atoms with E-state index in [4.69, 9.17) is 15.3 Å². The van der Waals surface area contributed by atoms with Gasteiger partial charge in [0.15, 0.2) is 6.10 Å². The number of rotatable bonds is 3. The molecule has 0 radical (unpaired) electrons. The fourth-order valence-corrected chi connectivity index (χ4v) is 0.951. The maximum atomic E-state index is 10.4. The summed E-state index contributed by atoms with van der Waals surface area (Å²) in [4.78, 5) is 20.8. The summed E-state index contributed by atoms with van der Waals surface area (Å²) in [5.41, 5.74) is 0.203. The molecule has 5 nitrogen and oxygen atoms in total. The molecule has 1 aromatic carbocycles. The molecule has 14 heavy (non-hydrogen) atoms. The van der Waals surface area contributed by atoms with E-state index in [1.807, 2.05) is 0 Å². The first-order valence-electron chi connectivity index (χ1n) is 3.76. The van der Waals surface area contributed by atoms with Crippen molar-refractivity contribution in [3.63, 3.8) is 0 Å². The minimum Gasteiger partial charge on any atom is -0.479 e. The molecule has 1 rings (SSSR count). The van der Waals surface area contributed by atoms with E-state index in [0.717, 1.165) is 0 Å². The van der Waals surface area contributed by atoms with Crippen LogP contribution in [0, 0.1) is 0 Å². The molecule has 0 aromatic heterocycles. The van der Waals surface area contributed by atoms with Gasteiger partial charge in [-0.3, -0.25) is 0 Å². The van der Waals surface area contributed by atoms with Gasteiger partial charge in [-0.25, -0.2) is 9.59 Å². The SMILES string of the molecule is O=C(O)c1ccc(C(O)C(=O)O)cc1. The summed E-state index contributed by atoms with van der Waals surface area (Å²) < 4.78 is 0. The third-order valence-corrected chi connectivity index (χ3v) is 1.71. The molecule has 3 N–H and O–H groups in total. The molecular weight excluding hydrogens is 188 g/mol. The molecule has 1 atom stereocenters. The smallest absolute Gasteiger partial charge is 0.337 e. The molecule has 0 aliphatic rings. The third kappa shape index (κ3) is 2.08. The lowest BCUT2D eigenvalue weighted by Gasteiger charge is -2.05. The van der Waals surface area contributed by atoms with Gasteiger partial charge in [0, 0.05) is 0 Å². The zero-order valence-electron chi connectivity index (χ0n) is 7.04. The van der Waals surface area contributed by atoms with Gasteiger partial charge in [-0.1, -0.05) is 12.1 Å². The number of benzene rings is 1. The van der Waals surface area contributed by atoms with Crippen LogP contribution < -0.4 is 0 Å². The van der Waals surface area contributed by atoms with Crippen LogP contribution in [-0.2, 0) is 4.79 Å². The summed E-state index contributed by atoms with van der Waals surface area (Å²) >= 11 is 0. The summed E-state index contributed by atoms with van der Waals surface area (Å²) in [7, 11) is 0. The van der Waals surface area contributed by atoms with Crippen molar-refractivity contribution >= 4 is 11.9 Å². The number of aliphatic hydroxyl groups is 1. The summed E-state index contributed by atoms with van der Waals surface area (Å²) in [6.07, 6.45) is -1.61. The molecule has 0 aliphatic heterocycles. The number of carboxylic acids is 2. The average Bonchev–Trinajstić information content (AvgIpc) is 2.16. The van der Waals surface area contributed by atoms with Gasteiger partial charge in [0.25, 0.3) is 0 Å². The Kier molecular flexibility index (Phi) is 2.83. The third-order valence-electron chi connectivity index (χ3n) is 1.71. The minimum absolute atomic E-state index is 0.0475. The number of aliphatic carboxylic acids is 1. The molecule has 0 saturated heterocycles. The van der Waals surface area contributed by atoms with Gasteiger partial charge in [-0.15, -0.1) is 0 Å². The normalized spacial score (nSPS) is 12.1. The largest absolute Gasteiger partial charge is 0.479 e. The molecule has 0 bridgehead atoms. The molecule has 0 aliphatic carbocycles. The van der Waals surface area contributed by atoms with E-state index in [1.165, 1.54) is 24.3 Å². The van der Waals surface area contributed by atoms with Crippen LogP contribution in [0.3, 0.4) is 0 Å². The van der Waals surface area contributed by atoms with Crippen LogP contribution in [0.25, 0.3) is 0 Å². The fourth-order valence-electron chi connectivity index (χ4n) is 0.951. The Hall–Kier alpha value is -1.88. The molecule has 0 saturated carbocycles. The van der Waals surface area contributed by atoms with Crippen LogP contribution in [0.1, 0.15) is 22.0 Å². The van der Waals surface area contributed by atoms with Gasteiger partial charge < -0.3 is 15.3 Å². The van der Waals surface area contributed by atoms with E-state index in [1.54, 1.807) is 0 Å². The predicted octanol–water partition coefficient (Wildman–Crippen LogP) is 0.503. The quantitative estimate of drug-likeness (QED) is 0.654. The van der Waals surface area contributed by atoms with Gasteiger partial charge in [0.05, 0.1) is 5.56 Å². The molecule has 0 fully saturated rings. The van der Waals surface area contributed by atoms with Crippen LogP contribution in [0.2, 0.25) is 0 Å². The Morgan fingerprint density at radius 1 is 1.07 bits per heavy atom. The zero-order valence-corrected chi connectivity index (χ0v) is 7.04. The maximum Gasteiger partial charge on any atom is 0.337 e. The number of hydrogen-bond acceptors (Lipinski definition) is 3. The topological polar surface area (TPSA) is 94.8 Å². The molecule has 1 unspecified atom stereocenters. The number of aromatic carboxylic acids is 1. The van der Waals surface area contributed by atoms with Crippen molar-refractivity contribution in [2.45, 2.75) is 6.10 Å². The highest BCUT2D eigenvalue weighted by molar-refractivity contribution is 5.87.